The molecule has 0 saturated carbocycles. The number of rotatable bonds is 7. The fourth-order valence-electron chi connectivity index (χ4n) is 1.85. The van der Waals surface area contributed by atoms with Crippen molar-refractivity contribution in [1.82, 2.24) is 0 Å². The predicted molar refractivity (Wildman–Crippen MR) is 88.4 cm³/mol. The van der Waals surface area contributed by atoms with E-state index in [0.717, 1.165) is 0 Å². The van der Waals surface area contributed by atoms with Gasteiger partial charge in [-0.15, -0.1) is 0 Å². The van der Waals surface area contributed by atoms with E-state index in [4.69, 9.17) is 4.43 Å². The Labute approximate surface area is 126 Å². The van der Waals surface area contributed by atoms with Crippen LogP contribution in [0.5, 0.6) is 0 Å². The van der Waals surface area contributed by atoms with E-state index in [9.17, 15) is 10.2 Å². The summed E-state index contributed by atoms with van der Waals surface area (Å²) in [5, 5.41) is 19.8. The highest BCUT2D eigenvalue weighted by atomic mass is 28.4. The highest BCUT2D eigenvalue weighted by molar-refractivity contribution is 6.74. The number of hydrogen-bond donors (Lipinski definition) is 2. The van der Waals surface area contributed by atoms with Gasteiger partial charge in [0.1, 0.15) is 0 Å². The summed E-state index contributed by atoms with van der Waals surface area (Å²) in [6.07, 6.45) is 3.47. The van der Waals surface area contributed by atoms with Crippen molar-refractivity contribution < 1.29 is 14.6 Å². The van der Waals surface area contributed by atoms with Crippen LogP contribution in [-0.4, -0.2) is 37.3 Å². The zero-order valence-electron chi connectivity index (χ0n) is 14.5. The molecule has 0 radical (unpaired) electrons. The monoisotopic (exact) mass is 302 g/mol. The summed E-state index contributed by atoms with van der Waals surface area (Å²) in [7, 11) is -1.93. The van der Waals surface area contributed by atoms with Gasteiger partial charge < -0.3 is 14.6 Å². The Morgan fingerprint density at radius 3 is 2.00 bits per heavy atom. The van der Waals surface area contributed by atoms with E-state index in [1.807, 2.05) is 26.8 Å². The minimum absolute atomic E-state index is 0.0747. The molecule has 0 aromatic heterocycles. The van der Waals surface area contributed by atoms with Crippen molar-refractivity contribution in [2.24, 2.45) is 5.41 Å². The summed E-state index contributed by atoms with van der Waals surface area (Å²) in [6.45, 7) is 17.0. The van der Waals surface area contributed by atoms with Crippen LogP contribution in [0.25, 0.3) is 0 Å². The molecule has 3 nitrogen and oxygen atoms in total. The summed E-state index contributed by atoms with van der Waals surface area (Å²) in [5.74, 6) is 0. The topological polar surface area (TPSA) is 49.7 Å². The predicted octanol–water partition coefficient (Wildman–Crippen LogP) is 3.72. The third-order valence-electron chi connectivity index (χ3n) is 4.60. The molecule has 120 valence electrons. The second-order valence-electron chi connectivity index (χ2n) is 7.67. The molecule has 0 aromatic rings. The molecule has 0 heterocycles. The first-order valence-electron chi connectivity index (χ1n) is 7.49. The zero-order valence-corrected chi connectivity index (χ0v) is 15.5. The lowest BCUT2D eigenvalue weighted by Gasteiger charge is -2.45. The first kappa shape index (κ1) is 19.8. The van der Waals surface area contributed by atoms with Crippen molar-refractivity contribution in [2.75, 3.05) is 6.61 Å². The van der Waals surface area contributed by atoms with E-state index in [2.05, 4.69) is 33.9 Å². The quantitative estimate of drug-likeness (QED) is 0.556. The fraction of sp³-hybridized carbons (Fsp3) is 0.875. The van der Waals surface area contributed by atoms with Crippen LogP contribution in [0.4, 0.5) is 0 Å². The van der Waals surface area contributed by atoms with Crippen LogP contribution < -0.4 is 0 Å². The van der Waals surface area contributed by atoms with Crippen LogP contribution in [0, 0.1) is 5.41 Å². The molecular formula is C16H34O3Si. The second kappa shape index (κ2) is 7.21. The van der Waals surface area contributed by atoms with Crippen LogP contribution in [0.2, 0.25) is 18.1 Å². The molecule has 2 unspecified atom stereocenters. The van der Waals surface area contributed by atoms with Gasteiger partial charge in [0.05, 0.1) is 12.2 Å². The summed E-state index contributed by atoms with van der Waals surface area (Å²) in [6, 6.07) is 0. The molecule has 4 heteroatoms. The van der Waals surface area contributed by atoms with Crippen molar-refractivity contribution >= 4 is 8.32 Å². The van der Waals surface area contributed by atoms with Crippen molar-refractivity contribution in [3.8, 4) is 0 Å². The Balaban J connectivity index is 5.25. The first-order chi connectivity index (χ1) is 8.90. The molecule has 2 atom stereocenters. The van der Waals surface area contributed by atoms with Crippen molar-refractivity contribution in [3.63, 3.8) is 0 Å². The maximum atomic E-state index is 10.3. The summed E-state index contributed by atoms with van der Waals surface area (Å²) >= 11 is 0. The molecule has 0 spiro atoms. The van der Waals surface area contributed by atoms with E-state index in [1.54, 1.807) is 6.08 Å². The van der Waals surface area contributed by atoms with Crippen molar-refractivity contribution in [1.29, 1.82) is 0 Å². The Kier molecular flexibility index (Phi) is 7.15. The number of aliphatic hydroxyl groups excluding tert-OH is 2. The van der Waals surface area contributed by atoms with Crippen molar-refractivity contribution in [3.05, 3.63) is 12.2 Å². The molecule has 20 heavy (non-hydrogen) atoms. The number of allylic oxidation sites excluding steroid dienone is 1. The van der Waals surface area contributed by atoms with Gasteiger partial charge in [-0.05, 0) is 31.5 Å². The molecule has 0 aliphatic heterocycles. The van der Waals surface area contributed by atoms with E-state index < -0.39 is 19.8 Å². The SMILES string of the molecule is C/C=C/C(O)C(C)(C)C(CCO)O[Si](C)(C)C(C)(C)C. The molecule has 0 aromatic carbocycles. The first-order valence-corrected chi connectivity index (χ1v) is 10.4. The molecular weight excluding hydrogens is 268 g/mol. The summed E-state index contributed by atoms with van der Waals surface area (Å²) in [4.78, 5) is 0. The number of aliphatic hydroxyl groups is 2. The Hall–Kier alpha value is -0.163. The maximum Gasteiger partial charge on any atom is 0.192 e. The largest absolute Gasteiger partial charge is 0.413 e. The van der Waals surface area contributed by atoms with Crippen LogP contribution >= 0.6 is 0 Å². The normalized spacial score (nSPS) is 17.5. The van der Waals surface area contributed by atoms with Gasteiger partial charge >= 0.3 is 0 Å². The zero-order chi connectivity index (χ0) is 16.2. The maximum absolute atomic E-state index is 10.3. The molecule has 0 saturated heterocycles. The van der Waals surface area contributed by atoms with Gasteiger partial charge in [-0.25, -0.2) is 0 Å². The van der Waals surface area contributed by atoms with Gasteiger partial charge in [-0.3, -0.25) is 0 Å². The minimum atomic E-state index is -1.93. The van der Waals surface area contributed by atoms with Crippen LogP contribution in [0.1, 0.15) is 48.0 Å². The van der Waals surface area contributed by atoms with Crippen LogP contribution in [0.3, 0.4) is 0 Å². The summed E-state index contributed by atoms with van der Waals surface area (Å²) in [5.41, 5.74) is -0.426. The molecule has 0 aliphatic rings. The standard InChI is InChI=1S/C16H34O3Si/c1-9-10-13(18)16(5,6)14(11-12-17)19-20(7,8)15(2,3)4/h9-10,13-14,17-18H,11-12H2,1-8H3/b10-9+. The molecule has 0 fully saturated rings. The second-order valence-corrected chi connectivity index (χ2v) is 12.4. The lowest BCUT2D eigenvalue weighted by atomic mass is 9.79. The highest BCUT2D eigenvalue weighted by Gasteiger charge is 2.44. The van der Waals surface area contributed by atoms with Crippen LogP contribution in [0.15, 0.2) is 12.2 Å². The molecule has 0 bridgehead atoms. The summed E-state index contributed by atoms with van der Waals surface area (Å²) < 4.78 is 6.46. The molecule has 2 N–H and O–H groups in total. The van der Waals surface area contributed by atoms with Gasteiger partial charge in [-0.1, -0.05) is 46.8 Å². The Morgan fingerprint density at radius 2 is 1.65 bits per heavy atom. The molecule has 0 rings (SSSR count). The molecule has 0 aliphatic carbocycles. The van der Waals surface area contributed by atoms with Gasteiger partial charge in [0.25, 0.3) is 0 Å². The molecule has 0 amide bonds. The van der Waals surface area contributed by atoms with E-state index in [0.29, 0.717) is 6.42 Å². The van der Waals surface area contributed by atoms with Gasteiger partial charge in [-0.2, -0.15) is 0 Å². The van der Waals surface area contributed by atoms with E-state index in [-0.39, 0.29) is 17.7 Å². The third kappa shape index (κ3) is 4.99. The van der Waals surface area contributed by atoms with Gasteiger partial charge in [0, 0.05) is 12.0 Å². The van der Waals surface area contributed by atoms with Crippen molar-refractivity contribution in [2.45, 2.75) is 78.3 Å². The lowest BCUT2D eigenvalue weighted by molar-refractivity contribution is -0.0285. The van der Waals surface area contributed by atoms with Gasteiger partial charge in [0.15, 0.2) is 8.32 Å². The number of hydrogen-bond acceptors (Lipinski definition) is 3. The van der Waals surface area contributed by atoms with Crippen LogP contribution in [-0.2, 0) is 4.43 Å². The third-order valence-corrected chi connectivity index (χ3v) is 9.09. The smallest absolute Gasteiger partial charge is 0.192 e. The van der Waals surface area contributed by atoms with Gasteiger partial charge in [0.2, 0.25) is 0 Å². The average Bonchev–Trinajstić information content (AvgIpc) is 2.26. The fourth-order valence-corrected chi connectivity index (χ4v) is 3.34. The highest BCUT2D eigenvalue weighted by Crippen LogP contribution is 2.41. The van der Waals surface area contributed by atoms with E-state index >= 15 is 0 Å². The lowest BCUT2D eigenvalue weighted by Crippen LogP contribution is -2.51. The minimum Gasteiger partial charge on any atom is -0.413 e. The average molecular weight is 303 g/mol. The Morgan fingerprint density at radius 1 is 1.15 bits per heavy atom. The Bertz CT molecular complexity index is 316. The van der Waals surface area contributed by atoms with E-state index in [1.165, 1.54) is 0 Å².